The van der Waals surface area contributed by atoms with Crippen molar-refractivity contribution in [3.05, 3.63) is 106 Å². The number of amides is 2. The van der Waals surface area contributed by atoms with Gasteiger partial charge in [0.15, 0.2) is 5.71 Å². The van der Waals surface area contributed by atoms with Gasteiger partial charge in [0.05, 0.1) is 11.7 Å². The number of rotatable bonds is 5. The van der Waals surface area contributed by atoms with Crippen LogP contribution >= 0.6 is 0 Å². The maximum atomic E-state index is 14.1. The van der Waals surface area contributed by atoms with E-state index < -0.39 is 35.7 Å². The van der Waals surface area contributed by atoms with Crippen LogP contribution in [0.1, 0.15) is 33.9 Å². The topological polar surface area (TPSA) is 74.2 Å². The highest BCUT2D eigenvalue weighted by atomic mass is 19.4. The highest BCUT2D eigenvalue weighted by molar-refractivity contribution is 6.17. The first-order valence-electron chi connectivity index (χ1n) is 14.2. The van der Waals surface area contributed by atoms with E-state index in [1.807, 2.05) is 80.6 Å². The molecule has 1 atom stereocenters. The van der Waals surface area contributed by atoms with E-state index in [0.717, 1.165) is 22.8 Å². The second-order valence-electron chi connectivity index (χ2n) is 11.2. The van der Waals surface area contributed by atoms with E-state index >= 15 is 0 Å². The van der Waals surface area contributed by atoms with Crippen LogP contribution in [-0.2, 0) is 16.1 Å². The number of hydrogen-bond acceptors (Lipinski definition) is 5. The van der Waals surface area contributed by atoms with E-state index in [0.29, 0.717) is 55.3 Å². The Morgan fingerprint density at radius 2 is 1.53 bits per heavy atom. The Morgan fingerprint density at radius 3 is 2.12 bits per heavy atom. The van der Waals surface area contributed by atoms with E-state index in [1.165, 1.54) is 0 Å². The number of nitrogens with zero attached hydrogens (tertiary/aromatic N) is 3. The van der Waals surface area contributed by atoms with Crippen molar-refractivity contribution in [2.24, 2.45) is 10.9 Å². The summed E-state index contributed by atoms with van der Waals surface area (Å²) < 4.78 is 48.4. The van der Waals surface area contributed by atoms with Crippen LogP contribution in [0, 0.1) is 19.8 Å². The van der Waals surface area contributed by atoms with Gasteiger partial charge in [0.2, 0.25) is 5.91 Å². The van der Waals surface area contributed by atoms with Crippen molar-refractivity contribution in [3.63, 3.8) is 0 Å². The number of fused-ring (bicyclic) bond motifs is 2. The fourth-order valence-electron chi connectivity index (χ4n) is 5.80. The average Bonchev–Trinajstić information content (AvgIpc) is 2.97. The molecule has 1 unspecified atom stereocenters. The molecule has 0 aromatic heterocycles. The number of alkyl halides is 3. The lowest BCUT2D eigenvalue weighted by molar-refractivity contribution is -0.132. The summed E-state index contributed by atoms with van der Waals surface area (Å²) in [5.74, 6) is -2.23. The van der Waals surface area contributed by atoms with E-state index in [2.05, 4.69) is 15.2 Å². The third kappa shape index (κ3) is 5.92. The third-order valence-corrected chi connectivity index (χ3v) is 8.03. The Labute approximate surface area is 247 Å². The summed E-state index contributed by atoms with van der Waals surface area (Å²) in [6.07, 6.45) is -3.72. The molecule has 7 nitrogen and oxygen atoms in total. The van der Waals surface area contributed by atoms with Gasteiger partial charge in [-0.3, -0.25) is 14.5 Å². The van der Waals surface area contributed by atoms with Crippen molar-refractivity contribution in [1.82, 2.24) is 15.1 Å². The van der Waals surface area contributed by atoms with Gasteiger partial charge in [-0.05, 0) is 48.7 Å². The molecular weight excluding hydrogens is 557 g/mol. The molecule has 1 saturated heterocycles. The summed E-state index contributed by atoms with van der Waals surface area (Å²) in [6.45, 7) is 6.19. The van der Waals surface area contributed by atoms with E-state index in [-0.39, 0.29) is 5.70 Å². The van der Waals surface area contributed by atoms with Crippen LogP contribution in [0.15, 0.2) is 83.5 Å². The first kappa shape index (κ1) is 28.7. The van der Waals surface area contributed by atoms with E-state index in [4.69, 9.17) is 4.74 Å². The van der Waals surface area contributed by atoms with Gasteiger partial charge in [-0.25, -0.2) is 4.99 Å². The quantitative estimate of drug-likeness (QED) is 0.400. The van der Waals surface area contributed by atoms with Crippen molar-refractivity contribution in [1.29, 1.82) is 0 Å². The minimum absolute atomic E-state index is 0.231. The van der Waals surface area contributed by atoms with Gasteiger partial charge < -0.3 is 15.0 Å². The number of aliphatic imine (C=N–C) groups is 1. The summed E-state index contributed by atoms with van der Waals surface area (Å²) in [5, 5.41) is 2.92. The molecule has 1 fully saturated rings. The fourth-order valence-corrected chi connectivity index (χ4v) is 5.80. The number of piperazine rings is 1. The number of allylic oxidation sites excluding steroid dienone is 1. The molecule has 3 aliphatic heterocycles. The summed E-state index contributed by atoms with van der Waals surface area (Å²) in [5.41, 5.74) is 2.94. The first-order valence-corrected chi connectivity index (χ1v) is 14.2. The van der Waals surface area contributed by atoms with Gasteiger partial charge in [0.25, 0.3) is 5.91 Å². The smallest absolute Gasteiger partial charge is 0.435 e. The van der Waals surface area contributed by atoms with Gasteiger partial charge in [0.1, 0.15) is 17.4 Å². The van der Waals surface area contributed by atoms with Crippen LogP contribution in [0.4, 0.5) is 13.2 Å². The minimum Gasteiger partial charge on any atom is -0.457 e. The summed E-state index contributed by atoms with van der Waals surface area (Å²) >= 11 is 0. The summed E-state index contributed by atoms with van der Waals surface area (Å²) in [4.78, 5) is 33.8. The molecule has 222 valence electrons. The zero-order valence-electron chi connectivity index (χ0n) is 23.8. The molecule has 2 amide bonds. The number of dihydropyridines is 1. The van der Waals surface area contributed by atoms with Crippen LogP contribution in [0.3, 0.4) is 0 Å². The Kier molecular flexibility index (Phi) is 7.56. The number of ether oxygens (including phenoxy) is 1. The second kappa shape index (κ2) is 11.3. The molecule has 10 heteroatoms. The maximum absolute atomic E-state index is 14.1. The average molecular weight is 589 g/mol. The first-order chi connectivity index (χ1) is 20.6. The molecule has 3 aromatic carbocycles. The minimum atomic E-state index is -4.85. The Morgan fingerprint density at radius 1 is 0.930 bits per heavy atom. The zero-order chi connectivity index (χ0) is 30.3. The Balaban J connectivity index is 1.26. The largest absolute Gasteiger partial charge is 0.457 e. The number of benzene rings is 3. The molecule has 1 N–H and O–H groups in total. The van der Waals surface area contributed by atoms with Gasteiger partial charge in [0, 0.05) is 43.9 Å². The summed E-state index contributed by atoms with van der Waals surface area (Å²) in [6, 6.07) is 20.4. The second-order valence-corrected chi connectivity index (χ2v) is 11.2. The highest BCUT2D eigenvalue weighted by Gasteiger charge is 2.45. The van der Waals surface area contributed by atoms with Crippen molar-refractivity contribution in [3.8, 4) is 11.5 Å². The van der Waals surface area contributed by atoms with Crippen molar-refractivity contribution in [2.45, 2.75) is 32.6 Å². The predicted octanol–water partition coefficient (Wildman–Crippen LogP) is 5.48. The zero-order valence-corrected chi connectivity index (χ0v) is 23.8. The van der Waals surface area contributed by atoms with Crippen molar-refractivity contribution >= 4 is 17.5 Å². The predicted molar refractivity (Wildman–Crippen MR) is 156 cm³/mol. The SMILES string of the molecule is Cc1ccc2c(c1)Oc1cc(C)ccc1C2NC(=O)C1C=C(N2CCN(Cc3ccccc3)CC2)C(C(F)(F)F)=NC1=O. The number of aryl methyl sites for hydroxylation is 2. The molecule has 3 aromatic rings. The molecule has 0 spiro atoms. The number of carbonyl (C=O) groups excluding carboxylic acids is 2. The monoisotopic (exact) mass is 588 g/mol. The normalized spacial score (nSPS) is 19.1. The van der Waals surface area contributed by atoms with Gasteiger partial charge in [-0.2, -0.15) is 13.2 Å². The van der Waals surface area contributed by atoms with Crippen LogP contribution in [0.5, 0.6) is 11.5 Å². The molecule has 0 radical (unpaired) electrons. The number of halogens is 3. The number of carbonyl (C=O) groups is 2. The fraction of sp³-hybridized carbons (Fsp3) is 0.303. The van der Waals surface area contributed by atoms with Gasteiger partial charge in [-0.1, -0.05) is 54.6 Å². The van der Waals surface area contributed by atoms with Crippen LogP contribution in [0.2, 0.25) is 0 Å². The molecule has 3 heterocycles. The molecule has 6 rings (SSSR count). The standard InChI is InChI=1S/C33H31F3N4O3/c1-20-8-10-23-27(16-20)43-28-17-21(2)9-11-24(28)29(23)37-31(41)25-18-26(30(33(34,35)36)38-32(25)42)40-14-12-39(13-15-40)19-22-6-4-3-5-7-22/h3-11,16-18,25,29H,12-15,19H2,1-2H3,(H,37,41). The number of nitrogens with one attached hydrogen (secondary N) is 1. The van der Waals surface area contributed by atoms with E-state index in [9.17, 15) is 22.8 Å². The van der Waals surface area contributed by atoms with E-state index in [1.54, 1.807) is 4.90 Å². The number of hydrogen-bond donors (Lipinski definition) is 1. The Bertz CT molecular complexity index is 1570. The van der Waals surface area contributed by atoms with Gasteiger partial charge >= 0.3 is 6.18 Å². The van der Waals surface area contributed by atoms with Crippen molar-refractivity contribution < 1.29 is 27.5 Å². The molecule has 0 bridgehead atoms. The molecule has 43 heavy (non-hydrogen) atoms. The Hall–Kier alpha value is -4.44. The molecular formula is C33H31F3N4O3. The molecule has 0 saturated carbocycles. The lowest BCUT2D eigenvalue weighted by atomic mass is 9.91. The van der Waals surface area contributed by atoms with Gasteiger partial charge in [-0.15, -0.1) is 0 Å². The van der Waals surface area contributed by atoms with Crippen LogP contribution in [-0.4, -0.2) is 59.7 Å². The summed E-state index contributed by atoms with van der Waals surface area (Å²) in [7, 11) is 0. The van der Waals surface area contributed by atoms with Crippen LogP contribution < -0.4 is 10.1 Å². The van der Waals surface area contributed by atoms with Crippen molar-refractivity contribution in [2.75, 3.05) is 26.2 Å². The lowest BCUT2D eigenvalue weighted by Crippen LogP contribution is -2.50. The highest BCUT2D eigenvalue weighted by Crippen LogP contribution is 2.44. The molecule has 0 aliphatic carbocycles. The molecule has 3 aliphatic rings. The maximum Gasteiger partial charge on any atom is 0.435 e. The third-order valence-electron chi connectivity index (χ3n) is 8.03. The van der Waals surface area contributed by atoms with Crippen LogP contribution in [0.25, 0.3) is 0 Å². The lowest BCUT2D eigenvalue weighted by Gasteiger charge is -2.39.